The molecule has 0 spiro atoms. The molecule has 1 heterocycles. The van der Waals surface area contributed by atoms with Crippen molar-refractivity contribution in [1.82, 2.24) is 10.2 Å². The van der Waals surface area contributed by atoms with Gasteiger partial charge in [-0.25, -0.2) is 8.42 Å². The van der Waals surface area contributed by atoms with Crippen molar-refractivity contribution < 1.29 is 18.0 Å². The molecular formula is C12H14N2O4S. The Labute approximate surface area is 111 Å². The van der Waals surface area contributed by atoms with Crippen LogP contribution in [0.4, 0.5) is 0 Å². The number of rotatable bonds is 2. The number of carbonyl (C=O) groups is 2. The van der Waals surface area contributed by atoms with Crippen LogP contribution in [-0.2, 0) is 14.6 Å². The quantitative estimate of drug-likeness (QED) is 0.804. The standard InChI is InChI=1S/C12H14N2O4S/c1-19(17,18)10-4-2-3-9(7-10)12(16)14-6-5-13-11(15)8-14/h2-4,7H,5-6,8H2,1H3,(H,13,15). The first-order valence-electron chi connectivity index (χ1n) is 5.74. The Hall–Kier alpha value is -1.89. The number of carbonyl (C=O) groups excluding carboxylic acids is 2. The Morgan fingerprint density at radius 1 is 1.37 bits per heavy atom. The van der Waals surface area contributed by atoms with E-state index in [1.54, 1.807) is 6.07 Å². The van der Waals surface area contributed by atoms with Gasteiger partial charge in [-0.3, -0.25) is 9.59 Å². The van der Waals surface area contributed by atoms with E-state index in [2.05, 4.69) is 5.32 Å². The van der Waals surface area contributed by atoms with Crippen LogP contribution in [0.15, 0.2) is 29.2 Å². The highest BCUT2D eigenvalue weighted by Crippen LogP contribution is 2.13. The van der Waals surface area contributed by atoms with E-state index in [9.17, 15) is 18.0 Å². The van der Waals surface area contributed by atoms with Crippen molar-refractivity contribution in [1.29, 1.82) is 0 Å². The van der Waals surface area contributed by atoms with Crippen molar-refractivity contribution in [3.8, 4) is 0 Å². The van der Waals surface area contributed by atoms with Gasteiger partial charge in [-0.2, -0.15) is 0 Å². The lowest BCUT2D eigenvalue weighted by Crippen LogP contribution is -2.49. The molecule has 1 saturated heterocycles. The van der Waals surface area contributed by atoms with E-state index < -0.39 is 9.84 Å². The highest BCUT2D eigenvalue weighted by atomic mass is 32.2. The number of nitrogens with zero attached hydrogens (tertiary/aromatic N) is 1. The number of piperazine rings is 1. The number of benzene rings is 1. The molecule has 102 valence electrons. The predicted molar refractivity (Wildman–Crippen MR) is 68.5 cm³/mol. The molecule has 1 fully saturated rings. The molecule has 1 aromatic carbocycles. The summed E-state index contributed by atoms with van der Waals surface area (Å²) in [6.45, 7) is 0.839. The van der Waals surface area contributed by atoms with Gasteiger partial charge in [0.1, 0.15) is 0 Å². The zero-order chi connectivity index (χ0) is 14.0. The summed E-state index contributed by atoms with van der Waals surface area (Å²) >= 11 is 0. The molecule has 0 unspecified atom stereocenters. The Morgan fingerprint density at radius 3 is 2.74 bits per heavy atom. The van der Waals surface area contributed by atoms with E-state index in [1.165, 1.54) is 23.1 Å². The van der Waals surface area contributed by atoms with Gasteiger partial charge in [0.15, 0.2) is 9.84 Å². The second-order valence-electron chi connectivity index (χ2n) is 4.38. The van der Waals surface area contributed by atoms with Gasteiger partial charge in [-0.05, 0) is 18.2 Å². The largest absolute Gasteiger partial charge is 0.353 e. The molecule has 0 aromatic heterocycles. The van der Waals surface area contributed by atoms with Crippen LogP contribution in [0.3, 0.4) is 0 Å². The van der Waals surface area contributed by atoms with Gasteiger partial charge < -0.3 is 10.2 Å². The summed E-state index contributed by atoms with van der Waals surface area (Å²) in [7, 11) is -3.35. The average Bonchev–Trinajstić information content (AvgIpc) is 2.37. The molecular weight excluding hydrogens is 268 g/mol. The Kier molecular flexibility index (Phi) is 3.57. The lowest BCUT2D eigenvalue weighted by atomic mass is 10.2. The summed E-state index contributed by atoms with van der Waals surface area (Å²) in [6, 6.07) is 5.84. The molecule has 0 saturated carbocycles. The normalized spacial score (nSPS) is 16.1. The van der Waals surface area contributed by atoms with Gasteiger partial charge in [0.05, 0.1) is 11.4 Å². The van der Waals surface area contributed by atoms with Crippen LogP contribution < -0.4 is 5.32 Å². The van der Waals surface area contributed by atoms with Crippen LogP contribution in [0, 0.1) is 0 Å². The van der Waals surface area contributed by atoms with Crippen molar-refractivity contribution in [3.05, 3.63) is 29.8 Å². The Bertz CT molecular complexity index is 624. The fourth-order valence-corrected chi connectivity index (χ4v) is 2.52. The van der Waals surface area contributed by atoms with Crippen molar-refractivity contribution in [3.63, 3.8) is 0 Å². The van der Waals surface area contributed by atoms with Crippen LogP contribution >= 0.6 is 0 Å². The molecule has 2 amide bonds. The second kappa shape index (κ2) is 5.00. The van der Waals surface area contributed by atoms with Gasteiger partial charge in [0.25, 0.3) is 5.91 Å². The number of amides is 2. The molecule has 7 heteroatoms. The highest BCUT2D eigenvalue weighted by Gasteiger charge is 2.22. The minimum Gasteiger partial charge on any atom is -0.353 e. The van der Waals surface area contributed by atoms with Crippen LogP contribution in [0.25, 0.3) is 0 Å². The van der Waals surface area contributed by atoms with Gasteiger partial charge in [0.2, 0.25) is 5.91 Å². The monoisotopic (exact) mass is 282 g/mol. The third kappa shape index (κ3) is 3.11. The summed E-state index contributed by atoms with van der Waals surface area (Å²) in [4.78, 5) is 24.9. The van der Waals surface area contributed by atoms with E-state index in [0.29, 0.717) is 13.1 Å². The first-order valence-corrected chi connectivity index (χ1v) is 7.63. The molecule has 1 aromatic rings. The third-order valence-electron chi connectivity index (χ3n) is 2.83. The number of nitrogens with one attached hydrogen (secondary N) is 1. The molecule has 2 rings (SSSR count). The molecule has 1 aliphatic rings. The summed E-state index contributed by atoms with van der Waals surface area (Å²) in [5.74, 6) is -0.542. The average molecular weight is 282 g/mol. The first kappa shape index (κ1) is 13.5. The molecule has 1 aliphatic heterocycles. The van der Waals surface area contributed by atoms with Gasteiger partial charge in [0, 0.05) is 24.9 Å². The summed E-state index contributed by atoms with van der Waals surface area (Å²) in [5.41, 5.74) is 0.276. The molecule has 6 nitrogen and oxygen atoms in total. The van der Waals surface area contributed by atoms with Crippen molar-refractivity contribution in [2.75, 3.05) is 25.9 Å². The van der Waals surface area contributed by atoms with Crippen LogP contribution in [0.5, 0.6) is 0 Å². The SMILES string of the molecule is CS(=O)(=O)c1cccc(C(=O)N2CCNC(=O)C2)c1. The van der Waals surface area contributed by atoms with E-state index >= 15 is 0 Å². The Balaban J connectivity index is 2.26. The van der Waals surface area contributed by atoms with Crippen LogP contribution in [0.1, 0.15) is 10.4 Å². The summed E-state index contributed by atoms with van der Waals surface area (Å²) in [6.07, 6.45) is 1.09. The maximum Gasteiger partial charge on any atom is 0.254 e. The summed E-state index contributed by atoms with van der Waals surface area (Å²) in [5, 5.41) is 2.63. The first-order chi connectivity index (χ1) is 8.88. The zero-order valence-electron chi connectivity index (χ0n) is 10.4. The molecule has 1 N–H and O–H groups in total. The molecule has 0 radical (unpaired) electrons. The van der Waals surface area contributed by atoms with E-state index in [4.69, 9.17) is 0 Å². The van der Waals surface area contributed by atoms with Crippen molar-refractivity contribution in [2.45, 2.75) is 4.90 Å². The Morgan fingerprint density at radius 2 is 2.11 bits per heavy atom. The minimum absolute atomic E-state index is 0.00192. The predicted octanol–water partition coefficient (Wildman–Crippen LogP) is -0.338. The van der Waals surface area contributed by atoms with Crippen molar-refractivity contribution >= 4 is 21.7 Å². The fraction of sp³-hybridized carbons (Fsp3) is 0.333. The maximum absolute atomic E-state index is 12.2. The van der Waals surface area contributed by atoms with Gasteiger partial charge in [-0.1, -0.05) is 6.07 Å². The highest BCUT2D eigenvalue weighted by molar-refractivity contribution is 7.90. The lowest BCUT2D eigenvalue weighted by Gasteiger charge is -2.26. The fourth-order valence-electron chi connectivity index (χ4n) is 1.85. The van der Waals surface area contributed by atoms with Gasteiger partial charge in [-0.15, -0.1) is 0 Å². The van der Waals surface area contributed by atoms with E-state index in [1.807, 2.05) is 0 Å². The topological polar surface area (TPSA) is 83.6 Å². The van der Waals surface area contributed by atoms with Crippen molar-refractivity contribution in [2.24, 2.45) is 0 Å². The maximum atomic E-state index is 12.2. The molecule has 0 atom stereocenters. The van der Waals surface area contributed by atoms with Gasteiger partial charge >= 0.3 is 0 Å². The number of hydrogen-bond donors (Lipinski definition) is 1. The van der Waals surface area contributed by atoms with E-state index in [-0.39, 0.29) is 28.8 Å². The molecule has 0 bridgehead atoms. The second-order valence-corrected chi connectivity index (χ2v) is 6.39. The minimum atomic E-state index is -3.35. The lowest BCUT2D eigenvalue weighted by molar-refractivity contribution is -0.123. The molecule has 19 heavy (non-hydrogen) atoms. The van der Waals surface area contributed by atoms with Crippen LogP contribution in [0.2, 0.25) is 0 Å². The molecule has 0 aliphatic carbocycles. The number of hydrogen-bond acceptors (Lipinski definition) is 4. The smallest absolute Gasteiger partial charge is 0.254 e. The zero-order valence-corrected chi connectivity index (χ0v) is 11.2. The number of sulfone groups is 1. The van der Waals surface area contributed by atoms with E-state index in [0.717, 1.165) is 6.26 Å². The third-order valence-corrected chi connectivity index (χ3v) is 3.94. The summed E-state index contributed by atoms with van der Waals surface area (Å²) < 4.78 is 22.9. The van der Waals surface area contributed by atoms with Crippen LogP contribution in [-0.4, -0.2) is 51.0 Å².